The number of rotatable bonds is 4. The Morgan fingerprint density at radius 2 is 2.13 bits per heavy atom. The molecule has 1 aliphatic rings. The van der Waals surface area contributed by atoms with E-state index >= 15 is 0 Å². The number of benzene rings is 1. The van der Waals surface area contributed by atoms with Gasteiger partial charge in [-0.1, -0.05) is 6.92 Å². The molecule has 23 heavy (non-hydrogen) atoms. The van der Waals surface area contributed by atoms with Gasteiger partial charge in [0.25, 0.3) is 5.69 Å². The molecule has 7 heteroatoms. The number of anilines is 1. The number of halogens is 1. The van der Waals surface area contributed by atoms with Crippen molar-refractivity contribution in [1.82, 2.24) is 4.90 Å². The Labute approximate surface area is 135 Å². The lowest BCUT2D eigenvalue weighted by atomic mass is 10.1. The predicted octanol–water partition coefficient (Wildman–Crippen LogP) is 2.88. The van der Waals surface area contributed by atoms with E-state index in [-0.39, 0.29) is 17.6 Å². The van der Waals surface area contributed by atoms with Crippen molar-refractivity contribution < 1.29 is 14.1 Å². The summed E-state index contributed by atoms with van der Waals surface area (Å²) in [7, 11) is 0. The number of carbonyl (C=O) groups is 1. The minimum atomic E-state index is -0.595. The molecule has 6 nitrogen and oxygen atoms in total. The molecule has 0 aromatic heterocycles. The molecule has 1 aromatic carbocycles. The number of aryl methyl sites for hydroxylation is 1. The number of amides is 1. The minimum Gasteiger partial charge on any atom is -0.365 e. The van der Waals surface area contributed by atoms with Gasteiger partial charge in [0.15, 0.2) is 5.82 Å². The highest BCUT2D eigenvalue weighted by Crippen LogP contribution is 2.29. The quantitative estimate of drug-likeness (QED) is 0.631. The molecule has 0 aliphatic carbocycles. The molecule has 0 unspecified atom stereocenters. The Hall–Kier alpha value is -2.18. The summed E-state index contributed by atoms with van der Waals surface area (Å²) in [5.74, 6) is -0.470. The monoisotopic (exact) mass is 323 g/mol. The van der Waals surface area contributed by atoms with Crippen molar-refractivity contribution in [2.45, 2.75) is 39.7 Å². The van der Waals surface area contributed by atoms with Gasteiger partial charge in [0.05, 0.1) is 16.7 Å². The predicted molar refractivity (Wildman–Crippen MR) is 86.1 cm³/mol. The second kappa shape index (κ2) is 6.93. The van der Waals surface area contributed by atoms with Gasteiger partial charge in [0.2, 0.25) is 5.91 Å². The molecule has 126 valence electrons. The molecular formula is C16H22FN3O3. The van der Waals surface area contributed by atoms with Crippen LogP contribution in [-0.2, 0) is 4.79 Å². The molecule has 1 atom stereocenters. The summed E-state index contributed by atoms with van der Waals surface area (Å²) in [6.45, 7) is 7.09. The van der Waals surface area contributed by atoms with Gasteiger partial charge < -0.3 is 9.80 Å². The molecule has 0 spiro atoms. The third kappa shape index (κ3) is 3.60. The molecule has 2 rings (SSSR count). The van der Waals surface area contributed by atoms with Gasteiger partial charge >= 0.3 is 0 Å². The maximum absolute atomic E-state index is 14.3. The number of hydrogen-bond donors (Lipinski definition) is 0. The molecule has 1 amide bonds. The normalized spacial score (nSPS) is 18.2. The van der Waals surface area contributed by atoms with E-state index < -0.39 is 10.7 Å². The highest BCUT2D eigenvalue weighted by Gasteiger charge is 2.29. The van der Waals surface area contributed by atoms with Crippen molar-refractivity contribution in [3.8, 4) is 0 Å². The largest absolute Gasteiger partial charge is 0.365 e. The van der Waals surface area contributed by atoms with Crippen molar-refractivity contribution in [1.29, 1.82) is 0 Å². The van der Waals surface area contributed by atoms with Crippen LogP contribution in [0, 0.1) is 22.9 Å². The molecule has 1 heterocycles. The molecule has 0 radical (unpaired) electrons. The standard InChI is InChI=1S/C16H22FN3O3/c1-4-5-16(21)19-7-6-18(10-12(19)3)15-8-11(2)14(20(22)23)9-13(15)17/h8-9,12H,4-7,10H2,1-3H3/t12-/m0/s1. The van der Waals surface area contributed by atoms with Crippen molar-refractivity contribution >= 4 is 17.3 Å². The lowest BCUT2D eigenvalue weighted by Crippen LogP contribution is -2.54. The van der Waals surface area contributed by atoms with E-state index in [1.54, 1.807) is 6.92 Å². The highest BCUT2D eigenvalue weighted by atomic mass is 19.1. The molecular weight excluding hydrogens is 301 g/mol. The average Bonchev–Trinajstić information content (AvgIpc) is 2.49. The molecule has 0 saturated carbocycles. The van der Waals surface area contributed by atoms with Gasteiger partial charge in [-0.05, 0) is 26.3 Å². The topological polar surface area (TPSA) is 66.7 Å². The zero-order valence-corrected chi connectivity index (χ0v) is 13.7. The molecule has 1 saturated heterocycles. The van der Waals surface area contributed by atoms with Crippen LogP contribution in [0.15, 0.2) is 12.1 Å². The second-order valence-corrected chi connectivity index (χ2v) is 5.98. The maximum atomic E-state index is 14.3. The van der Waals surface area contributed by atoms with Crippen LogP contribution in [0.2, 0.25) is 0 Å². The number of nitrogens with zero attached hydrogens (tertiary/aromatic N) is 3. The first-order valence-electron chi connectivity index (χ1n) is 7.84. The zero-order chi connectivity index (χ0) is 17.1. The summed E-state index contributed by atoms with van der Waals surface area (Å²) in [4.78, 5) is 26.0. The molecule has 1 aliphatic heterocycles. The lowest BCUT2D eigenvalue weighted by Gasteiger charge is -2.41. The van der Waals surface area contributed by atoms with Crippen LogP contribution in [0.1, 0.15) is 32.3 Å². The summed E-state index contributed by atoms with van der Waals surface area (Å²) < 4.78 is 14.3. The van der Waals surface area contributed by atoms with Crippen molar-refractivity contribution in [2.24, 2.45) is 0 Å². The fourth-order valence-electron chi connectivity index (χ4n) is 3.00. The van der Waals surface area contributed by atoms with E-state index in [1.165, 1.54) is 6.07 Å². The van der Waals surface area contributed by atoms with Crippen molar-refractivity contribution in [2.75, 3.05) is 24.5 Å². The van der Waals surface area contributed by atoms with Gasteiger partial charge in [-0.3, -0.25) is 14.9 Å². The Bertz CT molecular complexity index is 621. The van der Waals surface area contributed by atoms with Gasteiger partial charge in [-0.25, -0.2) is 4.39 Å². The van der Waals surface area contributed by atoms with E-state index in [0.717, 1.165) is 12.5 Å². The maximum Gasteiger partial charge on any atom is 0.275 e. The Morgan fingerprint density at radius 1 is 1.43 bits per heavy atom. The number of hydrogen-bond acceptors (Lipinski definition) is 4. The van der Waals surface area contributed by atoms with Crippen LogP contribution >= 0.6 is 0 Å². The first-order chi connectivity index (χ1) is 10.8. The summed E-state index contributed by atoms with van der Waals surface area (Å²) >= 11 is 0. The number of piperazine rings is 1. The number of nitro benzene ring substituents is 1. The third-order valence-corrected chi connectivity index (χ3v) is 4.21. The Kier molecular flexibility index (Phi) is 5.18. The van der Waals surface area contributed by atoms with E-state index in [1.807, 2.05) is 23.6 Å². The van der Waals surface area contributed by atoms with Crippen LogP contribution in [0.4, 0.5) is 15.8 Å². The molecule has 1 fully saturated rings. The average molecular weight is 323 g/mol. The minimum absolute atomic E-state index is 0.0160. The van der Waals surface area contributed by atoms with Gasteiger partial charge in [-0.15, -0.1) is 0 Å². The van der Waals surface area contributed by atoms with Crippen molar-refractivity contribution in [3.63, 3.8) is 0 Å². The zero-order valence-electron chi connectivity index (χ0n) is 13.7. The summed E-state index contributed by atoms with van der Waals surface area (Å²) in [6.07, 6.45) is 1.33. The number of nitro groups is 1. The Balaban J connectivity index is 2.17. The van der Waals surface area contributed by atoms with Gasteiger partial charge in [-0.2, -0.15) is 0 Å². The lowest BCUT2D eigenvalue weighted by molar-refractivity contribution is -0.385. The van der Waals surface area contributed by atoms with Crippen LogP contribution in [0.3, 0.4) is 0 Å². The fraction of sp³-hybridized carbons (Fsp3) is 0.562. The smallest absolute Gasteiger partial charge is 0.275 e. The molecule has 1 aromatic rings. The SMILES string of the molecule is CCCC(=O)N1CCN(c2cc(C)c([N+](=O)[O-])cc2F)C[C@@H]1C. The highest BCUT2D eigenvalue weighted by molar-refractivity contribution is 5.77. The van der Waals surface area contributed by atoms with Gasteiger partial charge in [0.1, 0.15) is 0 Å². The van der Waals surface area contributed by atoms with Crippen LogP contribution in [-0.4, -0.2) is 41.4 Å². The fourth-order valence-corrected chi connectivity index (χ4v) is 3.00. The molecule has 0 N–H and O–H groups in total. The van der Waals surface area contributed by atoms with Gasteiger partial charge in [0, 0.05) is 37.7 Å². The second-order valence-electron chi connectivity index (χ2n) is 5.98. The van der Waals surface area contributed by atoms with E-state index in [4.69, 9.17) is 0 Å². The van der Waals surface area contributed by atoms with E-state index in [2.05, 4.69) is 0 Å². The molecule has 0 bridgehead atoms. The van der Waals surface area contributed by atoms with Crippen LogP contribution in [0.5, 0.6) is 0 Å². The van der Waals surface area contributed by atoms with Crippen molar-refractivity contribution in [3.05, 3.63) is 33.6 Å². The van der Waals surface area contributed by atoms with Crippen LogP contribution < -0.4 is 4.90 Å². The van der Waals surface area contributed by atoms with Crippen LogP contribution in [0.25, 0.3) is 0 Å². The summed E-state index contributed by atoms with van der Waals surface area (Å²) in [5.41, 5.74) is 0.585. The first-order valence-corrected chi connectivity index (χ1v) is 7.84. The number of carbonyl (C=O) groups excluding carboxylic acids is 1. The van der Waals surface area contributed by atoms with E-state index in [9.17, 15) is 19.3 Å². The summed E-state index contributed by atoms with van der Waals surface area (Å²) in [6, 6.07) is 2.48. The first kappa shape index (κ1) is 17.2. The Morgan fingerprint density at radius 3 is 2.70 bits per heavy atom. The third-order valence-electron chi connectivity index (χ3n) is 4.21. The summed E-state index contributed by atoms with van der Waals surface area (Å²) in [5, 5.41) is 10.9. The van der Waals surface area contributed by atoms with E-state index in [0.29, 0.717) is 37.3 Å².